The topological polar surface area (TPSA) is 29.3 Å². The highest BCUT2D eigenvalue weighted by atomic mass is 31.1. The summed E-state index contributed by atoms with van der Waals surface area (Å²) in [5.74, 6) is 5.55. The summed E-state index contributed by atoms with van der Waals surface area (Å²) < 4.78 is 1.94. The van der Waals surface area contributed by atoms with Crippen molar-refractivity contribution in [2.24, 2.45) is 5.84 Å². The van der Waals surface area contributed by atoms with Crippen LogP contribution in [0.5, 0.6) is 0 Å². The average molecular weight is 132 g/mol. The number of rotatable bonds is 1. The van der Waals surface area contributed by atoms with E-state index in [-0.39, 0.29) is 0 Å². The highest BCUT2D eigenvalue weighted by Gasteiger charge is 2.17. The van der Waals surface area contributed by atoms with E-state index < -0.39 is 0 Å². The Morgan fingerprint density at radius 1 is 1.88 bits per heavy atom. The third-order valence-corrected chi connectivity index (χ3v) is 3.18. The van der Waals surface area contributed by atoms with Gasteiger partial charge in [0.15, 0.2) is 0 Å². The van der Waals surface area contributed by atoms with Gasteiger partial charge in [-0.25, -0.2) is 4.78 Å². The van der Waals surface area contributed by atoms with E-state index in [2.05, 4.69) is 6.92 Å². The largest absolute Gasteiger partial charge is 0.265 e. The maximum atomic E-state index is 5.55. The van der Waals surface area contributed by atoms with Gasteiger partial charge in [-0.1, -0.05) is 6.92 Å². The first-order chi connectivity index (χ1) is 3.83. The fourth-order valence-corrected chi connectivity index (χ4v) is 2.12. The molecule has 0 radical (unpaired) electrons. The average Bonchev–Trinajstić information content (AvgIpc) is 2.14. The van der Waals surface area contributed by atoms with Gasteiger partial charge in [-0.15, -0.1) is 0 Å². The number of nitrogens with zero attached hydrogens (tertiary/aromatic N) is 1. The molecule has 0 aromatic rings. The van der Waals surface area contributed by atoms with Crippen molar-refractivity contribution in [1.82, 2.24) is 4.78 Å². The van der Waals surface area contributed by atoms with Gasteiger partial charge in [0.25, 0.3) is 0 Å². The Labute approximate surface area is 52.2 Å². The van der Waals surface area contributed by atoms with Crippen molar-refractivity contribution in [1.29, 1.82) is 0 Å². The molecule has 0 aliphatic carbocycles. The molecule has 0 bridgehead atoms. The van der Waals surface area contributed by atoms with Gasteiger partial charge in [-0.3, -0.25) is 5.84 Å². The summed E-state index contributed by atoms with van der Waals surface area (Å²) in [6, 6.07) is 0. The third-order valence-electron chi connectivity index (χ3n) is 1.56. The lowest BCUT2D eigenvalue weighted by Crippen LogP contribution is -2.17. The highest BCUT2D eigenvalue weighted by Crippen LogP contribution is 2.33. The number of nitrogens with two attached hydrogens (primary N) is 1. The number of hydrogen-bond acceptors (Lipinski definition) is 2. The van der Waals surface area contributed by atoms with Crippen LogP contribution in [0, 0.1) is 0 Å². The lowest BCUT2D eigenvalue weighted by atomic mass is 10.2. The van der Waals surface area contributed by atoms with Gasteiger partial charge in [0, 0.05) is 6.54 Å². The quantitative estimate of drug-likeness (QED) is 0.425. The Hall–Kier alpha value is 0.350. The van der Waals surface area contributed by atoms with Crippen LogP contribution in [0.25, 0.3) is 0 Å². The zero-order valence-electron chi connectivity index (χ0n) is 5.22. The summed E-state index contributed by atoms with van der Waals surface area (Å²) in [4.78, 5) is 0. The summed E-state index contributed by atoms with van der Waals surface area (Å²) in [6.07, 6.45) is 2.61. The predicted octanol–water partition coefficient (Wildman–Crippen LogP) is 0.938. The molecule has 1 heterocycles. The molecule has 2 nitrogen and oxygen atoms in total. The van der Waals surface area contributed by atoms with Crippen LogP contribution in [0.1, 0.15) is 19.8 Å². The minimum absolute atomic E-state index is 0.885. The van der Waals surface area contributed by atoms with Crippen molar-refractivity contribution in [2.75, 3.05) is 6.54 Å². The van der Waals surface area contributed by atoms with Crippen LogP contribution in [0.4, 0.5) is 0 Å². The first-order valence-corrected chi connectivity index (χ1v) is 4.13. The van der Waals surface area contributed by atoms with E-state index in [9.17, 15) is 0 Å². The normalized spacial score (nSPS) is 34.5. The molecule has 0 spiro atoms. The Bertz CT molecular complexity index is 76.8. The van der Waals surface area contributed by atoms with Crippen LogP contribution in [-0.2, 0) is 0 Å². The molecule has 2 N–H and O–H groups in total. The lowest BCUT2D eigenvalue weighted by Gasteiger charge is -2.05. The summed E-state index contributed by atoms with van der Waals surface area (Å²) >= 11 is 0. The van der Waals surface area contributed by atoms with Gasteiger partial charge < -0.3 is 0 Å². The Morgan fingerprint density at radius 3 is 2.88 bits per heavy atom. The summed E-state index contributed by atoms with van der Waals surface area (Å²) in [5.41, 5.74) is 0.903. The molecule has 1 aliphatic heterocycles. The second-order valence-corrected chi connectivity index (χ2v) is 3.87. The minimum Gasteiger partial charge on any atom is -0.265 e. The summed E-state index contributed by atoms with van der Waals surface area (Å²) in [7, 11) is 0.885. The number of hydrazine groups is 1. The van der Waals surface area contributed by atoms with Crippen molar-refractivity contribution >= 4 is 8.73 Å². The highest BCUT2D eigenvalue weighted by molar-refractivity contribution is 7.36. The molecular weight excluding hydrogens is 119 g/mol. The molecule has 0 aromatic carbocycles. The van der Waals surface area contributed by atoms with E-state index in [1.165, 1.54) is 12.8 Å². The molecule has 48 valence electrons. The van der Waals surface area contributed by atoms with E-state index in [0.717, 1.165) is 20.9 Å². The molecule has 0 aromatic heterocycles. The van der Waals surface area contributed by atoms with E-state index in [4.69, 9.17) is 5.84 Å². The SMILES string of the molecule is CCC1CCN(N)P1. The van der Waals surface area contributed by atoms with Gasteiger partial charge in [0.1, 0.15) is 0 Å². The summed E-state index contributed by atoms with van der Waals surface area (Å²) in [5, 5.41) is 0. The van der Waals surface area contributed by atoms with Crippen LogP contribution in [0.3, 0.4) is 0 Å². The van der Waals surface area contributed by atoms with Crippen LogP contribution in [-0.4, -0.2) is 17.0 Å². The van der Waals surface area contributed by atoms with Crippen molar-refractivity contribution < 1.29 is 0 Å². The van der Waals surface area contributed by atoms with Crippen molar-refractivity contribution in [3.63, 3.8) is 0 Å². The Kier molecular flexibility index (Phi) is 2.24. The molecule has 8 heavy (non-hydrogen) atoms. The fraction of sp³-hybridized carbons (Fsp3) is 1.00. The van der Waals surface area contributed by atoms with Crippen LogP contribution in [0.15, 0.2) is 0 Å². The molecule has 2 atom stereocenters. The Balaban J connectivity index is 2.22. The van der Waals surface area contributed by atoms with E-state index in [0.29, 0.717) is 0 Å². The lowest BCUT2D eigenvalue weighted by molar-refractivity contribution is 0.513. The molecule has 1 aliphatic rings. The molecule has 1 saturated heterocycles. The zero-order valence-corrected chi connectivity index (χ0v) is 6.22. The molecule has 3 heteroatoms. The fourth-order valence-electron chi connectivity index (χ4n) is 0.954. The monoisotopic (exact) mass is 132 g/mol. The van der Waals surface area contributed by atoms with Crippen molar-refractivity contribution in [3.05, 3.63) is 0 Å². The van der Waals surface area contributed by atoms with Crippen molar-refractivity contribution in [2.45, 2.75) is 25.4 Å². The molecule has 2 unspecified atom stereocenters. The van der Waals surface area contributed by atoms with Crippen LogP contribution >= 0.6 is 8.73 Å². The predicted molar refractivity (Wildman–Crippen MR) is 37.9 cm³/mol. The molecule has 1 fully saturated rings. The Morgan fingerprint density at radius 2 is 2.62 bits per heavy atom. The maximum absolute atomic E-state index is 5.55. The third kappa shape index (κ3) is 1.41. The maximum Gasteiger partial charge on any atom is 0.0173 e. The zero-order chi connectivity index (χ0) is 5.98. The smallest absolute Gasteiger partial charge is 0.0173 e. The molecule has 0 amide bonds. The van der Waals surface area contributed by atoms with Crippen LogP contribution in [0.2, 0.25) is 0 Å². The summed E-state index contributed by atoms with van der Waals surface area (Å²) in [6.45, 7) is 3.34. The number of hydrogen-bond donors (Lipinski definition) is 1. The van der Waals surface area contributed by atoms with E-state index in [1.807, 2.05) is 4.78 Å². The van der Waals surface area contributed by atoms with Gasteiger partial charge in [0.2, 0.25) is 0 Å². The first kappa shape index (κ1) is 6.47. The van der Waals surface area contributed by atoms with Gasteiger partial charge in [0.05, 0.1) is 0 Å². The minimum atomic E-state index is 0.885. The standard InChI is InChI=1S/C5H13N2P/c1-2-5-3-4-7(6)8-5/h5,8H,2-4,6H2,1H3. The van der Waals surface area contributed by atoms with E-state index >= 15 is 0 Å². The van der Waals surface area contributed by atoms with Gasteiger partial charge in [-0.05, 0) is 27.2 Å². The second-order valence-electron chi connectivity index (χ2n) is 2.22. The van der Waals surface area contributed by atoms with Crippen LogP contribution < -0.4 is 5.84 Å². The van der Waals surface area contributed by atoms with Gasteiger partial charge in [-0.2, -0.15) is 0 Å². The van der Waals surface area contributed by atoms with Crippen molar-refractivity contribution in [3.8, 4) is 0 Å². The molecular formula is C5H13N2P. The second kappa shape index (κ2) is 2.77. The van der Waals surface area contributed by atoms with Gasteiger partial charge >= 0.3 is 0 Å². The molecule has 0 saturated carbocycles. The van der Waals surface area contributed by atoms with E-state index in [1.54, 1.807) is 0 Å². The molecule has 1 rings (SSSR count). The first-order valence-electron chi connectivity index (χ1n) is 3.11.